The van der Waals surface area contributed by atoms with Crippen molar-refractivity contribution in [3.8, 4) is 0 Å². The van der Waals surface area contributed by atoms with Gasteiger partial charge < -0.3 is 0 Å². The van der Waals surface area contributed by atoms with Crippen molar-refractivity contribution in [1.82, 2.24) is 0 Å². The van der Waals surface area contributed by atoms with Crippen LogP contribution in [0.2, 0.25) is 0 Å². The molecule has 12 heavy (non-hydrogen) atoms. The first-order valence-corrected chi connectivity index (χ1v) is 4.74. The van der Waals surface area contributed by atoms with Gasteiger partial charge in [0.05, 0.1) is 0 Å². The minimum absolute atomic E-state index is 0.387. The monoisotopic (exact) mass is 164 g/mol. The van der Waals surface area contributed by atoms with Crippen LogP contribution < -0.4 is 0 Å². The van der Waals surface area contributed by atoms with Crippen molar-refractivity contribution in [2.75, 3.05) is 0 Å². The van der Waals surface area contributed by atoms with Crippen molar-refractivity contribution in [2.24, 2.45) is 10.8 Å². The molecule has 0 nitrogen and oxygen atoms in total. The largest absolute Gasteiger partial charge is 0.0991 e. The van der Waals surface area contributed by atoms with Crippen LogP contribution in [0.5, 0.6) is 0 Å². The summed E-state index contributed by atoms with van der Waals surface area (Å²) in [5.74, 6) is 0. The highest BCUT2D eigenvalue weighted by Crippen LogP contribution is 2.53. The van der Waals surface area contributed by atoms with E-state index in [1.807, 2.05) is 6.08 Å². The Balaban J connectivity index is 3.04. The van der Waals surface area contributed by atoms with Crippen molar-refractivity contribution in [3.63, 3.8) is 0 Å². The Bertz CT molecular complexity index is 198. The van der Waals surface area contributed by atoms with Crippen LogP contribution >= 0.6 is 0 Å². The highest BCUT2D eigenvalue weighted by molar-refractivity contribution is 5.28. The van der Waals surface area contributed by atoms with E-state index in [1.165, 1.54) is 12.8 Å². The maximum absolute atomic E-state index is 3.78. The van der Waals surface area contributed by atoms with Gasteiger partial charge in [-0.05, 0) is 23.7 Å². The summed E-state index contributed by atoms with van der Waals surface area (Å²) in [6.45, 7) is 13.1. The summed E-state index contributed by atoms with van der Waals surface area (Å²) in [7, 11) is 0. The number of hydrogen-bond acceptors (Lipinski definition) is 0. The fraction of sp³-hybridized carbons (Fsp3) is 0.667. The van der Waals surface area contributed by atoms with E-state index in [0.717, 1.165) is 0 Å². The maximum Gasteiger partial charge on any atom is -0.0136 e. The molecular formula is C12H20. The molecule has 0 spiro atoms. The standard InChI is InChI=1S/C12H20/c1-6-7-10-11(2,3)8-9-12(10,4)5/h6-7H,1,8-9H2,2-5H3. The summed E-state index contributed by atoms with van der Waals surface area (Å²) in [5, 5.41) is 0. The van der Waals surface area contributed by atoms with Gasteiger partial charge >= 0.3 is 0 Å². The fourth-order valence-electron chi connectivity index (χ4n) is 2.38. The average molecular weight is 164 g/mol. The Morgan fingerprint density at radius 2 is 1.50 bits per heavy atom. The Kier molecular flexibility index (Phi) is 2.20. The molecule has 0 saturated heterocycles. The molecule has 0 bridgehead atoms. The summed E-state index contributed by atoms with van der Waals surface area (Å²) < 4.78 is 0. The van der Waals surface area contributed by atoms with Crippen LogP contribution in [0.25, 0.3) is 0 Å². The molecule has 0 aromatic rings. The van der Waals surface area contributed by atoms with Gasteiger partial charge in [-0.2, -0.15) is 0 Å². The van der Waals surface area contributed by atoms with Gasteiger partial charge in [-0.3, -0.25) is 0 Å². The van der Waals surface area contributed by atoms with Gasteiger partial charge in [0.15, 0.2) is 0 Å². The van der Waals surface area contributed by atoms with E-state index in [0.29, 0.717) is 10.8 Å². The molecule has 0 radical (unpaired) electrons. The van der Waals surface area contributed by atoms with Gasteiger partial charge in [0.1, 0.15) is 0 Å². The second-order valence-electron chi connectivity index (χ2n) is 5.08. The quantitative estimate of drug-likeness (QED) is 0.550. The molecular weight excluding hydrogens is 144 g/mol. The Labute approximate surface area is 76.4 Å². The van der Waals surface area contributed by atoms with Gasteiger partial charge in [-0.25, -0.2) is 0 Å². The van der Waals surface area contributed by atoms with Crippen LogP contribution in [0.3, 0.4) is 0 Å². The van der Waals surface area contributed by atoms with Crippen LogP contribution in [0.4, 0.5) is 0 Å². The van der Waals surface area contributed by atoms with Crippen LogP contribution in [0, 0.1) is 10.8 Å². The minimum atomic E-state index is 0.387. The van der Waals surface area contributed by atoms with E-state index in [4.69, 9.17) is 0 Å². The highest BCUT2D eigenvalue weighted by atomic mass is 14.5. The normalized spacial score (nSPS) is 25.5. The van der Waals surface area contributed by atoms with Gasteiger partial charge in [0.25, 0.3) is 0 Å². The van der Waals surface area contributed by atoms with Gasteiger partial charge in [0.2, 0.25) is 0 Å². The van der Waals surface area contributed by atoms with Crippen molar-refractivity contribution >= 4 is 0 Å². The van der Waals surface area contributed by atoms with E-state index in [2.05, 4.69) is 40.3 Å². The second-order valence-corrected chi connectivity index (χ2v) is 5.08. The molecule has 1 fully saturated rings. The summed E-state index contributed by atoms with van der Waals surface area (Å²) in [4.78, 5) is 0. The zero-order valence-electron chi connectivity index (χ0n) is 8.78. The third-order valence-electron chi connectivity index (χ3n) is 3.12. The first-order chi connectivity index (χ1) is 5.40. The highest BCUT2D eigenvalue weighted by Gasteiger charge is 2.40. The molecule has 0 aliphatic heterocycles. The third kappa shape index (κ3) is 1.48. The number of hydrogen-bond donors (Lipinski definition) is 0. The molecule has 0 amide bonds. The van der Waals surface area contributed by atoms with Crippen LogP contribution in [-0.4, -0.2) is 0 Å². The summed E-state index contributed by atoms with van der Waals surface area (Å²) in [5.41, 5.74) is 2.33. The minimum Gasteiger partial charge on any atom is -0.0991 e. The third-order valence-corrected chi connectivity index (χ3v) is 3.12. The Morgan fingerprint density at radius 1 is 1.08 bits per heavy atom. The van der Waals surface area contributed by atoms with Gasteiger partial charge in [-0.1, -0.05) is 52.0 Å². The number of rotatable bonds is 1. The summed E-state index contributed by atoms with van der Waals surface area (Å²) in [6, 6.07) is 0. The van der Waals surface area contributed by atoms with Crippen LogP contribution in [0.15, 0.2) is 24.3 Å². The first-order valence-electron chi connectivity index (χ1n) is 4.74. The summed E-state index contributed by atoms with van der Waals surface area (Å²) in [6.07, 6.45) is 6.73. The van der Waals surface area contributed by atoms with E-state index >= 15 is 0 Å². The molecule has 1 saturated carbocycles. The smallest absolute Gasteiger partial charge is 0.0136 e. The fourth-order valence-corrected chi connectivity index (χ4v) is 2.38. The number of allylic oxidation sites excluding steroid dienone is 3. The van der Waals surface area contributed by atoms with E-state index in [9.17, 15) is 0 Å². The predicted octanol–water partition coefficient (Wildman–Crippen LogP) is 3.95. The molecule has 0 unspecified atom stereocenters. The lowest BCUT2D eigenvalue weighted by atomic mass is 9.78. The van der Waals surface area contributed by atoms with Crippen molar-refractivity contribution < 1.29 is 0 Å². The van der Waals surface area contributed by atoms with Gasteiger partial charge in [0, 0.05) is 0 Å². The molecule has 68 valence electrons. The van der Waals surface area contributed by atoms with E-state index < -0.39 is 0 Å². The molecule has 1 rings (SSSR count). The summed E-state index contributed by atoms with van der Waals surface area (Å²) >= 11 is 0. The molecule has 0 atom stereocenters. The van der Waals surface area contributed by atoms with Crippen LogP contribution in [-0.2, 0) is 0 Å². The molecule has 0 heterocycles. The first kappa shape index (κ1) is 9.57. The van der Waals surface area contributed by atoms with Crippen molar-refractivity contribution in [3.05, 3.63) is 24.3 Å². The Hall–Kier alpha value is -0.520. The lowest BCUT2D eigenvalue weighted by molar-refractivity contribution is 0.444. The van der Waals surface area contributed by atoms with Gasteiger partial charge in [-0.15, -0.1) is 0 Å². The van der Waals surface area contributed by atoms with E-state index in [1.54, 1.807) is 5.57 Å². The zero-order chi connectivity index (χ0) is 9.41. The van der Waals surface area contributed by atoms with Crippen LogP contribution in [0.1, 0.15) is 40.5 Å². The molecule has 0 heteroatoms. The SMILES string of the molecule is C=CC=C1C(C)(C)CCC1(C)C. The molecule has 1 aliphatic carbocycles. The van der Waals surface area contributed by atoms with Crippen molar-refractivity contribution in [2.45, 2.75) is 40.5 Å². The lowest BCUT2D eigenvalue weighted by Crippen LogP contribution is -2.15. The second kappa shape index (κ2) is 2.76. The zero-order valence-corrected chi connectivity index (χ0v) is 8.78. The Morgan fingerprint density at radius 3 is 1.83 bits per heavy atom. The molecule has 0 N–H and O–H groups in total. The molecule has 0 aromatic carbocycles. The average Bonchev–Trinajstić information content (AvgIpc) is 2.13. The maximum atomic E-state index is 3.78. The topological polar surface area (TPSA) is 0 Å². The lowest BCUT2D eigenvalue weighted by Gasteiger charge is -2.27. The predicted molar refractivity (Wildman–Crippen MR) is 55.1 cm³/mol. The molecule has 1 aliphatic rings. The van der Waals surface area contributed by atoms with Crippen molar-refractivity contribution in [1.29, 1.82) is 0 Å². The molecule has 0 aromatic heterocycles. The van der Waals surface area contributed by atoms with E-state index in [-0.39, 0.29) is 0 Å².